The normalized spacial score (nSPS) is 13.0. The van der Waals surface area contributed by atoms with Crippen molar-refractivity contribution in [1.82, 2.24) is 21.3 Å². The molecule has 14 N–H and O–H groups in total. The Kier molecular flexibility index (Phi) is 34.1. The van der Waals surface area contributed by atoms with Crippen molar-refractivity contribution in [3.05, 3.63) is 0 Å². The molecule has 15 heteroatoms. The van der Waals surface area contributed by atoms with Gasteiger partial charge in [0.15, 0.2) is 0 Å². The first-order valence-corrected chi connectivity index (χ1v) is 14.6. The van der Waals surface area contributed by atoms with Crippen LogP contribution in [-0.4, -0.2) is 95.0 Å². The van der Waals surface area contributed by atoms with Crippen LogP contribution in [0, 0.1) is 0 Å². The maximum atomic E-state index is 12.0. The number of hydrogen-bond acceptors (Lipinski definition) is 10. The van der Waals surface area contributed by atoms with Crippen molar-refractivity contribution >= 4 is 30.4 Å². The Hall–Kier alpha value is -2.72. The summed E-state index contributed by atoms with van der Waals surface area (Å²) in [6.07, 6.45) is 10.0. The van der Waals surface area contributed by atoms with Crippen molar-refractivity contribution in [1.29, 1.82) is 0 Å². The highest BCUT2D eigenvalue weighted by Crippen LogP contribution is 2.03. The fourth-order valence-corrected chi connectivity index (χ4v) is 3.62. The van der Waals surface area contributed by atoms with E-state index < -0.39 is 30.1 Å². The third-order valence-corrected chi connectivity index (χ3v) is 6.13. The predicted octanol–water partition coefficient (Wildman–Crippen LogP) is -1.57. The number of rotatable bonds is 25. The third-order valence-electron chi connectivity index (χ3n) is 6.13. The maximum Gasteiger partial charge on any atom is 0.239 e. The first-order chi connectivity index (χ1) is 20.2. The van der Waals surface area contributed by atoms with Crippen molar-refractivity contribution in [2.24, 2.45) is 28.7 Å². The summed E-state index contributed by atoms with van der Waals surface area (Å²) in [5, 5.41) is 10.8. The van der Waals surface area contributed by atoms with Gasteiger partial charge < -0.3 is 54.7 Å². The predicted molar refractivity (Wildman–Crippen MR) is 164 cm³/mol. The van der Waals surface area contributed by atoms with E-state index in [4.69, 9.17) is 28.7 Å². The van der Waals surface area contributed by atoms with Crippen LogP contribution in [-0.2, 0) is 24.0 Å². The van der Waals surface area contributed by atoms with Crippen molar-refractivity contribution in [3.8, 4) is 0 Å². The molecule has 0 aliphatic heterocycles. The molecule has 0 aromatic heterocycles. The highest BCUT2D eigenvalue weighted by atomic mass is 19.1. The van der Waals surface area contributed by atoms with Gasteiger partial charge in [-0.25, -0.2) is 0 Å². The van der Waals surface area contributed by atoms with E-state index in [2.05, 4.69) is 21.3 Å². The Balaban J connectivity index is -0.000000847. The van der Waals surface area contributed by atoms with Gasteiger partial charge in [-0.15, -0.1) is 0 Å². The van der Waals surface area contributed by atoms with Crippen LogP contribution in [0.5, 0.6) is 0 Å². The number of unbranched alkanes of at least 4 members (excludes halogenated alkanes) is 4. The lowest BCUT2D eigenvalue weighted by molar-refractivity contribution is -0.125. The molecule has 0 aliphatic rings. The third kappa shape index (κ3) is 27.4. The van der Waals surface area contributed by atoms with Gasteiger partial charge >= 0.3 is 0 Å². The summed E-state index contributed by atoms with van der Waals surface area (Å²) in [5.41, 5.74) is 27.5. The minimum atomic E-state index is -0.626. The second-order valence-electron chi connectivity index (χ2n) is 9.66. The molecule has 4 amide bonds. The molecule has 0 aromatic rings. The lowest BCUT2D eigenvalue weighted by atomic mass is 10.1. The minimum absolute atomic E-state index is 0.171. The number of aldehydes is 1. The number of nitrogens with two attached hydrogens (primary N) is 5. The number of carbonyl (C=O) groups excluding carboxylic acids is 5. The number of nitrogens with one attached hydrogen (secondary N) is 4. The molecule has 0 aromatic carbocycles. The van der Waals surface area contributed by atoms with Gasteiger partial charge in [0, 0.05) is 6.54 Å². The highest BCUT2D eigenvalue weighted by molar-refractivity contribution is 5.84. The van der Waals surface area contributed by atoms with Crippen LogP contribution in [0.3, 0.4) is 0 Å². The number of halogens is 1. The summed E-state index contributed by atoms with van der Waals surface area (Å²) in [6, 6.07) is -2.22. The van der Waals surface area contributed by atoms with Gasteiger partial charge in [-0.3, -0.25) is 23.6 Å². The molecule has 248 valence electrons. The monoisotopic (exact) mass is 607 g/mol. The minimum Gasteiger partial charge on any atom is -0.368 e. The molecule has 0 rings (SSSR count). The van der Waals surface area contributed by atoms with Crippen LogP contribution in [0.25, 0.3) is 0 Å². The fourth-order valence-electron chi connectivity index (χ4n) is 3.62. The standard InChI is InChI=1S/C18H38N6O3.C8H17N3O2.CH3F/c19-10-4-1-8-15(21)17(26)23-12-6-3-7-14(13-25)24-18(27)16(22)9-2-5-11-20;1-10-5-3-2-4-7(8(9)13)11-6-12;1-2/h13-16H,1-12,19-22H2,(H,23,26)(H,24,27);6-7,10H,2-5H2,1H3,(H2,9,13)(H,11,12);1H3. The largest absolute Gasteiger partial charge is 0.368 e. The van der Waals surface area contributed by atoms with Gasteiger partial charge in [-0.2, -0.15) is 0 Å². The molecule has 4 unspecified atom stereocenters. The molecule has 0 bridgehead atoms. The van der Waals surface area contributed by atoms with Gasteiger partial charge in [0.05, 0.1) is 25.3 Å². The summed E-state index contributed by atoms with van der Waals surface area (Å²) in [5.74, 6) is -0.965. The molecule has 0 heterocycles. The summed E-state index contributed by atoms with van der Waals surface area (Å²) in [7, 11) is 2.37. The van der Waals surface area contributed by atoms with E-state index in [1.54, 1.807) is 0 Å². The molecule has 42 heavy (non-hydrogen) atoms. The lowest BCUT2D eigenvalue weighted by Gasteiger charge is -2.17. The molecule has 0 radical (unpaired) electrons. The summed E-state index contributed by atoms with van der Waals surface area (Å²) < 4.78 is 9.50. The zero-order valence-corrected chi connectivity index (χ0v) is 25.6. The quantitative estimate of drug-likeness (QED) is 0.0425. The van der Waals surface area contributed by atoms with E-state index in [9.17, 15) is 28.4 Å². The first-order valence-electron chi connectivity index (χ1n) is 14.6. The molecule has 4 atom stereocenters. The van der Waals surface area contributed by atoms with E-state index in [1.807, 2.05) is 7.05 Å². The van der Waals surface area contributed by atoms with E-state index in [-0.39, 0.29) is 11.8 Å². The SMILES string of the molecule is CF.CNCCCCC(NC=O)C(N)=O.NCCCCC(N)C(=O)NCCCCC(C=O)NC(=O)C(N)CCCCN. The van der Waals surface area contributed by atoms with Crippen LogP contribution in [0.1, 0.15) is 77.0 Å². The summed E-state index contributed by atoms with van der Waals surface area (Å²) >= 11 is 0. The fraction of sp³-hybridized carbons (Fsp3) is 0.815. The molecular weight excluding hydrogens is 549 g/mol. The molecule has 14 nitrogen and oxygen atoms in total. The summed E-state index contributed by atoms with van der Waals surface area (Å²) in [6.45, 7) is 2.57. The van der Waals surface area contributed by atoms with Crippen LogP contribution >= 0.6 is 0 Å². The van der Waals surface area contributed by atoms with Gasteiger partial charge in [-0.05, 0) is 90.9 Å². The zero-order chi connectivity index (χ0) is 32.6. The number of carbonyl (C=O) groups is 5. The van der Waals surface area contributed by atoms with E-state index in [1.165, 1.54) is 0 Å². The lowest BCUT2D eigenvalue weighted by Crippen LogP contribution is -2.46. The van der Waals surface area contributed by atoms with Crippen molar-refractivity contribution in [2.45, 2.75) is 101 Å². The number of amides is 4. The smallest absolute Gasteiger partial charge is 0.239 e. The second kappa shape index (κ2) is 32.8. The molecule has 0 aliphatic carbocycles. The van der Waals surface area contributed by atoms with Crippen LogP contribution in [0.2, 0.25) is 0 Å². The summed E-state index contributed by atoms with van der Waals surface area (Å²) in [4.78, 5) is 55.7. The van der Waals surface area contributed by atoms with E-state index in [0.717, 1.165) is 51.4 Å². The second-order valence-corrected chi connectivity index (χ2v) is 9.66. The van der Waals surface area contributed by atoms with Crippen molar-refractivity contribution < 1.29 is 28.4 Å². The van der Waals surface area contributed by atoms with Gasteiger partial charge in [0.1, 0.15) is 12.3 Å². The van der Waals surface area contributed by atoms with Crippen LogP contribution in [0.15, 0.2) is 0 Å². The van der Waals surface area contributed by atoms with Gasteiger partial charge in [-0.1, -0.05) is 12.8 Å². The number of hydrogen-bond donors (Lipinski definition) is 9. The average Bonchev–Trinajstić information content (AvgIpc) is 2.99. The Morgan fingerprint density at radius 1 is 0.738 bits per heavy atom. The molecule has 0 saturated carbocycles. The Labute approximate surface area is 250 Å². The maximum absolute atomic E-state index is 12.0. The first kappa shape index (κ1) is 43.7. The van der Waals surface area contributed by atoms with Crippen LogP contribution in [0.4, 0.5) is 4.39 Å². The number of alkyl halides is 1. The number of primary amides is 1. The average molecular weight is 608 g/mol. The Bertz CT molecular complexity index is 692. The topological polar surface area (TPSA) is 264 Å². The van der Waals surface area contributed by atoms with Gasteiger partial charge in [0.25, 0.3) is 0 Å². The molecular formula is C27H58FN9O5. The highest BCUT2D eigenvalue weighted by Gasteiger charge is 2.17. The molecule has 0 fully saturated rings. The Morgan fingerprint density at radius 3 is 1.71 bits per heavy atom. The zero-order valence-electron chi connectivity index (χ0n) is 25.6. The van der Waals surface area contributed by atoms with Gasteiger partial charge in [0.2, 0.25) is 24.1 Å². The van der Waals surface area contributed by atoms with Crippen molar-refractivity contribution in [3.63, 3.8) is 0 Å². The van der Waals surface area contributed by atoms with Crippen LogP contribution < -0.4 is 49.9 Å². The molecule has 0 saturated heterocycles. The Morgan fingerprint density at radius 2 is 1.24 bits per heavy atom. The van der Waals surface area contributed by atoms with Crippen molar-refractivity contribution in [2.75, 3.05) is 40.4 Å². The molecule has 0 spiro atoms. The van der Waals surface area contributed by atoms with E-state index >= 15 is 0 Å². The van der Waals surface area contributed by atoms with E-state index in [0.29, 0.717) is 71.7 Å².